The Morgan fingerprint density at radius 1 is 1.19 bits per heavy atom. The molecule has 3 rings (SSSR count). The zero-order valence-corrected chi connectivity index (χ0v) is 12.7. The van der Waals surface area contributed by atoms with Gasteiger partial charge in [0.05, 0.1) is 7.11 Å². The molecule has 0 spiro atoms. The summed E-state index contributed by atoms with van der Waals surface area (Å²) in [7, 11) is 1.54. The number of rotatable bonds is 3. The second-order valence-electron chi connectivity index (χ2n) is 4.62. The zero-order chi connectivity index (χ0) is 15.0. The predicted molar refractivity (Wildman–Crippen MR) is 83.8 cm³/mol. The molecule has 0 radical (unpaired) electrons. The fourth-order valence-electron chi connectivity index (χ4n) is 2.24. The van der Waals surface area contributed by atoms with Crippen molar-refractivity contribution >= 4 is 33.0 Å². The summed E-state index contributed by atoms with van der Waals surface area (Å²) in [4.78, 5) is 0.719. The van der Waals surface area contributed by atoms with E-state index in [1.54, 1.807) is 37.4 Å². The van der Waals surface area contributed by atoms with Crippen LogP contribution in [0.4, 0.5) is 4.39 Å². The molecule has 1 unspecified atom stereocenters. The van der Waals surface area contributed by atoms with Gasteiger partial charge >= 0.3 is 0 Å². The van der Waals surface area contributed by atoms with Crippen molar-refractivity contribution in [3.8, 4) is 5.75 Å². The van der Waals surface area contributed by atoms with Crippen molar-refractivity contribution in [3.63, 3.8) is 0 Å². The maximum Gasteiger partial charge on any atom is 0.125 e. The highest BCUT2D eigenvalue weighted by Crippen LogP contribution is 2.37. The SMILES string of the molecule is COc1ccc(Cl)cc1C(O)c1cc2cc(F)ccc2s1. The van der Waals surface area contributed by atoms with Crippen molar-refractivity contribution in [1.82, 2.24) is 0 Å². The van der Waals surface area contributed by atoms with E-state index in [0.717, 1.165) is 15.0 Å². The van der Waals surface area contributed by atoms with Crippen molar-refractivity contribution in [1.29, 1.82) is 0 Å². The largest absolute Gasteiger partial charge is 0.496 e. The third-order valence-corrected chi connectivity index (χ3v) is 4.66. The van der Waals surface area contributed by atoms with Crippen LogP contribution in [-0.2, 0) is 0 Å². The Morgan fingerprint density at radius 2 is 2.00 bits per heavy atom. The van der Waals surface area contributed by atoms with E-state index < -0.39 is 6.10 Å². The van der Waals surface area contributed by atoms with E-state index >= 15 is 0 Å². The number of benzene rings is 2. The van der Waals surface area contributed by atoms with Crippen LogP contribution >= 0.6 is 22.9 Å². The Balaban J connectivity index is 2.07. The fourth-order valence-corrected chi connectivity index (χ4v) is 3.47. The molecule has 2 nitrogen and oxygen atoms in total. The fraction of sp³-hybridized carbons (Fsp3) is 0.125. The average Bonchev–Trinajstić information content (AvgIpc) is 2.89. The summed E-state index contributed by atoms with van der Waals surface area (Å²) in [6, 6.07) is 11.5. The smallest absolute Gasteiger partial charge is 0.125 e. The van der Waals surface area contributed by atoms with E-state index in [0.29, 0.717) is 16.3 Å². The maximum atomic E-state index is 13.2. The number of hydrogen-bond acceptors (Lipinski definition) is 3. The lowest BCUT2D eigenvalue weighted by Crippen LogP contribution is -2.00. The highest BCUT2D eigenvalue weighted by Gasteiger charge is 2.18. The zero-order valence-electron chi connectivity index (χ0n) is 11.1. The molecule has 5 heteroatoms. The molecule has 0 saturated carbocycles. The molecule has 1 heterocycles. The third kappa shape index (κ3) is 2.75. The minimum Gasteiger partial charge on any atom is -0.496 e. The molecule has 0 saturated heterocycles. The van der Waals surface area contributed by atoms with Crippen LogP contribution in [0, 0.1) is 5.82 Å². The number of aliphatic hydroxyl groups excluding tert-OH is 1. The van der Waals surface area contributed by atoms with Gasteiger partial charge in [-0.15, -0.1) is 11.3 Å². The van der Waals surface area contributed by atoms with Crippen LogP contribution in [0.1, 0.15) is 16.5 Å². The van der Waals surface area contributed by atoms with Gasteiger partial charge in [-0.2, -0.15) is 0 Å². The van der Waals surface area contributed by atoms with Crippen molar-refractivity contribution in [2.45, 2.75) is 6.10 Å². The lowest BCUT2D eigenvalue weighted by atomic mass is 10.1. The Labute approximate surface area is 130 Å². The van der Waals surface area contributed by atoms with Crippen LogP contribution < -0.4 is 4.74 Å². The van der Waals surface area contributed by atoms with Crippen LogP contribution in [0.3, 0.4) is 0 Å². The Bertz CT molecular complexity index is 800. The molecule has 0 aliphatic heterocycles. The molecule has 2 aromatic carbocycles. The number of thiophene rings is 1. The predicted octanol–water partition coefficient (Wildman–Crippen LogP) is 4.78. The van der Waals surface area contributed by atoms with E-state index in [4.69, 9.17) is 16.3 Å². The van der Waals surface area contributed by atoms with Crippen LogP contribution in [0.15, 0.2) is 42.5 Å². The topological polar surface area (TPSA) is 29.5 Å². The van der Waals surface area contributed by atoms with Crippen molar-refractivity contribution < 1.29 is 14.2 Å². The van der Waals surface area contributed by atoms with Crippen LogP contribution in [0.25, 0.3) is 10.1 Å². The first-order chi connectivity index (χ1) is 10.1. The minimum atomic E-state index is -0.862. The van der Waals surface area contributed by atoms with Crippen molar-refractivity contribution in [3.05, 3.63) is 63.7 Å². The lowest BCUT2D eigenvalue weighted by molar-refractivity contribution is 0.218. The molecular weight excluding hydrogens is 311 g/mol. The molecule has 1 aromatic heterocycles. The number of hydrogen-bond donors (Lipinski definition) is 1. The van der Waals surface area contributed by atoms with Crippen molar-refractivity contribution in [2.24, 2.45) is 0 Å². The van der Waals surface area contributed by atoms with E-state index in [2.05, 4.69) is 0 Å². The monoisotopic (exact) mass is 322 g/mol. The van der Waals surface area contributed by atoms with Gasteiger partial charge in [0.2, 0.25) is 0 Å². The molecule has 0 aliphatic rings. The van der Waals surface area contributed by atoms with E-state index in [9.17, 15) is 9.50 Å². The van der Waals surface area contributed by atoms with Gasteiger partial charge in [0, 0.05) is 20.2 Å². The number of ether oxygens (including phenoxy) is 1. The second-order valence-corrected chi connectivity index (χ2v) is 6.17. The summed E-state index contributed by atoms with van der Waals surface area (Å²) in [6.07, 6.45) is -0.862. The van der Waals surface area contributed by atoms with Gasteiger partial charge in [-0.3, -0.25) is 0 Å². The van der Waals surface area contributed by atoms with E-state index in [1.165, 1.54) is 23.5 Å². The van der Waals surface area contributed by atoms with Gasteiger partial charge in [0.15, 0.2) is 0 Å². The van der Waals surface area contributed by atoms with Crippen LogP contribution in [0.2, 0.25) is 5.02 Å². The first-order valence-electron chi connectivity index (χ1n) is 6.29. The van der Waals surface area contributed by atoms with E-state index in [1.807, 2.05) is 0 Å². The summed E-state index contributed by atoms with van der Waals surface area (Å²) in [5.74, 6) is 0.275. The Hall–Kier alpha value is -1.62. The summed E-state index contributed by atoms with van der Waals surface area (Å²) in [5.41, 5.74) is 0.594. The van der Waals surface area contributed by atoms with E-state index in [-0.39, 0.29) is 5.82 Å². The number of aliphatic hydroxyl groups is 1. The van der Waals surface area contributed by atoms with Crippen molar-refractivity contribution in [2.75, 3.05) is 7.11 Å². The lowest BCUT2D eigenvalue weighted by Gasteiger charge is -2.13. The average molecular weight is 323 g/mol. The number of fused-ring (bicyclic) bond motifs is 1. The first kappa shape index (κ1) is 14.3. The molecule has 0 bridgehead atoms. The molecule has 21 heavy (non-hydrogen) atoms. The highest BCUT2D eigenvalue weighted by atomic mass is 35.5. The quantitative estimate of drug-likeness (QED) is 0.751. The van der Waals surface area contributed by atoms with Gasteiger partial charge in [-0.1, -0.05) is 11.6 Å². The molecule has 1 atom stereocenters. The molecule has 3 aromatic rings. The van der Waals surface area contributed by atoms with Gasteiger partial charge < -0.3 is 9.84 Å². The molecule has 0 aliphatic carbocycles. The maximum absolute atomic E-state index is 13.2. The molecule has 108 valence electrons. The van der Waals surface area contributed by atoms with Gasteiger partial charge in [-0.25, -0.2) is 4.39 Å². The second kappa shape index (κ2) is 5.64. The summed E-state index contributed by atoms with van der Waals surface area (Å²) in [6.45, 7) is 0. The summed E-state index contributed by atoms with van der Waals surface area (Å²) >= 11 is 7.41. The summed E-state index contributed by atoms with van der Waals surface area (Å²) in [5, 5.41) is 11.9. The highest BCUT2D eigenvalue weighted by molar-refractivity contribution is 7.19. The molecule has 1 N–H and O–H groups in total. The number of halogens is 2. The third-order valence-electron chi connectivity index (χ3n) is 3.25. The first-order valence-corrected chi connectivity index (χ1v) is 7.48. The normalized spacial score (nSPS) is 12.6. The Morgan fingerprint density at radius 3 is 2.76 bits per heavy atom. The minimum absolute atomic E-state index is 0.290. The van der Waals surface area contributed by atoms with Gasteiger partial charge in [0.25, 0.3) is 0 Å². The van der Waals surface area contributed by atoms with Crippen LogP contribution in [-0.4, -0.2) is 12.2 Å². The van der Waals surface area contributed by atoms with Crippen LogP contribution in [0.5, 0.6) is 5.75 Å². The number of methoxy groups -OCH3 is 1. The summed E-state index contributed by atoms with van der Waals surface area (Å²) < 4.78 is 19.4. The molecule has 0 fully saturated rings. The van der Waals surface area contributed by atoms with Gasteiger partial charge in [-0.05, 0) is 47.9 Å². The molecular formula is C16H12ClFO2S. The standard InChI is InChI=1S/C16H12ClFO2S/c1-20-13-4-2-10(17)8-12(13)16(19)15-7-9-6-11(18)3-5-14(9)21-15/h2-8,16,19H,1H3. The Kier molecular flexibility index (Phi) is 3.85. The molecule has 0 amide bonds. The van der Waals surface area contributed by atoms with Gasteiger partial charge in [0.1, 0.15) is 17.7 Å².